The quantitative estimate of drug-likeness (QED) is 0.0287. The second-order valence-corrected chi connectivity index (χ2v) is 15.2. The van der Waals surface area contributed by atoms with Crippen molar-refractivity contribution >= 4 is 29.2 Å². The SMILES string of the molecule is CCCCCCCCOC(=S)[S-].CCCCCCCC[N+](CCCCCCCC)(CCCCCCCC)CCCCCCCC. The normalized spacial score (nSPS) is 11.4. The molecule has 0 spiro atoms. The summed E-state index contributed by atoms with van der Waals surface area (Å²) in [5.41, 5.74) is 0. The summed E-state index contributed by atoms with van der Waals surface area (Å²) in [5, 5.41) is 0. The van der Waals surface area contributed by atoms with Gasteiger partial charge >= 0.3 is 0 Å². The number of thiocarbonyl (C=S) groups is 1. The van der Waals surface area contributed by atoms with Crippen molar-refractivity contribution in [1.29, 1.82) is 0 Å². The lowest BCUT2D eigenvalue weighted by atomic mass is 10.0. The smallest absolute Gasteiger partial charge is 0.0858 e. The molecule has 0 saturated heterocycles. The van der Waals surface area contributed by atoms with Crippen LogP contribution in [0.15, 0.2) is 0 Å². The van der Waals surface area contributed by atoms with Crippen LogP contribution in [0.5, 0.6) is 0 Å². The molecule has 0 atom stereocenters. The molecule has 272 valence electrons. The topological polar surface area (TPSA) is 9.23 Å². The Hall–Kier alpha value is 0.0700. The summed E-state index contributed by atoms with van der Waals surface area (Å²) in [7, 11) is 0. The van der Waals surface area contributed by atoms with E-state index in [1.807, 2.05) is 0 Å². The highest BCUT2D eigenvalue weighted by molar-refractivity contribution is 7.99. The highest BCUT2D eigenvalue weighted by Crippen LogP contribution is 2.21. The molecule has 2 nitrogen and oxygen atoms in total. The van der Waals surface area contributed by atoms with Crippen LogP contribution in [0.2, 0.25) is 0 Å². The molecular weight excluding hydrogens is 587 g/mol. The molecule has 0 rings (SSSR count). The van der Waals surface area contributed by atoms with E-state index < -0.39 is 0 Å². The average molecular weight is 672 g/mol. The molecule has 0 amide bonds. The number of quaternary nitrogens is 1. The van der Waals surface area contributed by atoms with Gasteiger partial charge in [-0.3, -0.25) is 0 Å². The van der Waals surface area contributed by atoms with E-state index >= 15 is 0 Å². The molecule has 0 aromatic rings. The summed E-state index contributed by atoms with van der Waals surface area (Å²) in [6.07, 6.45) is 42.4. The van der Waals surface area contributed by atoms with E-state index in [2.05, 4.69) is 59.5 Å². The zero-order valence-corrected chi connectivity index (χ0v) is 33.6. The van der Waals surface area contributed by atoms with E-state index in [4.69, 9.17) is 4.74 Å². The summed E-state index contributed by atoms with van der Waals surface area (Å²) in [6, 6.07) is 0. The van der Waals surface area contributed by atoms with Gasteiger partial charge in [0.15, 0.2) is 0 Å². The number of ether oxygens (including phenoxy) is 1. The lowest BCUT2D eigenvalue weighted by molar-refractivity contribution is -0.929. The fraction of sp³-hybridized carbons (Fsp3) is 0.976. The van der Waals surface area contributed by atoms with Gasteiger partial charge in [-0.2, -0.15) is 0 Å². The molecule has 0 aliphatic heterocycles. The molecule has 0 radical (unpaired) electrons. The molecule has 0 aromatic carbocycles. The second-order valence-electron chi connectivity index (χ2n) is 14.2. The van der Waals surface area contributed by atoms with E-state index in [1.54, 1.807) is 0 Å². The first-order valence-electron chi connectivity index (χ1n) is 20.7. The van der Waals surface area contributed by atoms with Crippen molar-refractivity contribution in [3.63, 3.8) is 0 Å². The van der Waals surface area contributed by atoms with Gasteiger partial charge in [0.05, 0.1) is 32.8 Å². The number of hydrogen-bond donors (Lipinski definition) is 0. The molecular formula is C41H85NOS2. The predicted molar refractivity (Wildman–Crippen MR) is 213 cm³/mol. The summed E-state index contributed by atoms with van der Waals surface area (Å²) in [4.78, 5) is 0. The van der Waals surface area contributed by atoms with Gasteiger partial charge in [0.1, 0.15) is 0 Å². The molecule has 0 saturated carbocycles. The van der Waals surface area contributed by atoms with Crippen LogP contribution < -0.4 is 0 Å². The lowest BCUT2D eigenvalue weighted by Crippen LogP contribution is -2.50. The van der Waals surface area contributed by atoms with Gasteiger partial charge in [-0.25, -0.2) is 0 Å². The van der Waals surface area contributed by atoms with E-state index in [0.29, 0.717) is 6.61 Å². The molecule has 4 heteroatoms. The fourth-order valence-corrected chi connectivity index (χ4v) is 6.79. The maximum atomic E-state index is 4.99. The molecule has 0 bridgehead atoms. The van der Waals surface area contributed by atoms with E-state index in [-0.39, 0.29) is 4.38 Å². The monoisotopic (exact) mass is 672 g/mol. The first-order valence-corrected chi connectivity index (χ1v) is 21.5. The van der Waals surface area contributed by atoms with E-state index in [9.17, 15) is 0 Å². The Labute approximate surface area is 297 Å². The molecule has 0 aliphatic rings. The van der Waals surface area contributed by atoms with Crippen molar-refractivity contribution in [2.75, 3.05) is 32.8 Å². The molecule has 0 aliphatic carbocycles. The van der Waals surface area contributed by atoms with E-state index in [1.165, 1.54) is 217 Å². The second kappa shape index (κ2) is 40.2. The lowest BCUT2D eigenvalue weighted by Gasteiger charge is -2.40. The van der Waals surface area contributed by atoms with Crippen LogP contribution in [0.25, 0.3) is 0 Å². The van der Waals surface area contributed by atoms with Crippen LogP contribution in [0, 0.1) is 0 Å². The van der Waals surface area contributed by atoms with Crippen LogP contribution in [-0.4, -0.2) is 41.7 Å². The first-order chi connectivity index (χ1) is 22.0. The zero-order valence-electron chi connectivity index (χ0n) is 31.9. The predicted octanol–water partition coefficient (Wildman–Crippen LogP) is 14.4. The Balaban J connectivity index is 0. The Kier molecular flexibility index (Phi) is 42.2. The summed E-state index contributed by atoms with van der Waals surface area (Å²) in [6.45, 7) is 18.2. The van der Waals surface area contributed by atoms with Crippen molar-refractivity contribution in [3.05, 3.63) is 0 Å². The molecule has 0 unspecified atom stereocenters. The van der Waals surface area contributed by atoms with Gasteiger partial charge in [0, 0.05) is 4.38 Å². The fourth-order valence-electron chi connectivity index (χ4n) is 6.62. The maximum absolute atomic E-state index is 4.99. The van der Waals surface area contributed by atoms with Crippen molar-refractivity contribution in [2.45, 2.75) is 227 Å². The largest absolute Gasteiger partial charge is 0.514 e. The van der Waals surface area contributed by atoms with Crippen molar-refractivity contribution in [2.24, 2.45) is 0 Å². The molecule has 45 heavy (non-hydrogen) atoms. The number of rotatable bonds is 35. The van der Waals surface area contributed by atoms with Gasteiger partial charge < -0.3 is 34.1 Å². The van der Waals surface area contributed by atoms with Crippen molar-refractivity contribution < 1.29 is 9.22 Å². The van der Waals surface area contributed by atoms with Gasteiger partial charge in [0.25, 0.3) is 0 Å². The summed E-state index contributed by atoms with van der Waals surface area (Å²) in [5.74, 6) is 0. The van der Waals surface area contributed by atoms with Gasteiger partial charge in [0.2, 0.25) is 0 Å². The molecule has 0 fully saturated rings. The third-order valence-corrected chi connectivity index (χ3v) is 9.90. The van der Waals surface area contributed by atoms with Crippen LogP contribution in [-0.2, 0) is 17.4 Å². The number of nitrogens with zero attached hydrogens (tertiary/aromatic N) is 1. The van der Waals surface area contributed by atoms with E-state index in [0.717, 1.165) is 6.42 Å². The standard InChI is InChI=1S/C32H68N.C9H18OS2/c1-5-9-13-17-21-25-29-33(30-26-22-18-14-10-6-2,31-27-23-19-15-11-7-3)32-28-24-20-16-12-8-4;1-2-3-4-5-6-7-8-10-9(11)12/h5-32H2,1-4H3;2-8H2,1H3,(H,11,12)/q+1;/p-1. The van der Waals surface area contributed by atoms with Crippen LogP contribution in [0.1, 0.15) is 227 Å². The molecule has 0 aromatic heterocycles. The minimum absolute atomic E-state index is 0.253. The zero-order chi connectivity index (χ0) is 33.5. The van der Waals surface area contributed by atoms with Crippen LogP contribution in [0.4, 0.5) is 0 Å². The summed E-state index contributed by atoms with van der Waals surface area (Å²) >= 11 is 9.22. The van der Waals surface area contributed by atoms with Crippen LogP contribution >= 0.6 is 12.2 Å². The third-order valence-electron chi connectivity index (χ3n) is 9.66. The number of unbranched alkanes of at least 4 members (excludes halogenated alkanes) is 25. The van der Waals surface area contributed by atoms with Crippen LogP contribution in [0.3, 0.4) is 0 Å². The highest BCUT2D eigenvalue weighted by atomic mass is 32.1. The maximum Gasteiger partial charge on any atom is 0.0858 e. The van der Waals surface area contributed by atoms with Gasteiger partial charge in [-0.1, -0.05) is 169 Å². The first kappa shape index (κ1) is 47.2. The van der Waals surface area contributed by atoms with Crippen molar-refractivity contribution in [1.82, 2.24) is 0 Å². The minimum Gasteiger partial charge on any atom is -0.514 e. The molecule has 0 heterocycles. The highest BCUT2D eigenvalue weighted by Gasteiger charge is 2.25. The summed E-state index contributed by atoms with van der Waals surface area (Å²) < 4.78 is 6.72. The third kappa shape index (κ3) is 38.4. The Morgan fingerprint density at radius 2 is 0.600 bits per heavy atom. The average Bonchev–Trinajstić information content (AvgIpc) is 3.03. The number of hydrogen-bond acceptors (Lipinski definition) is 3. The Bertz CT molecular complexity index is 486. The Morgan fingerprint density at radius 3 is 0.844 bits per heavy atom. The minimum atomic E-state index is 0.253. The van der Waals surface area contributed by atoms with Gasteiger partial charge in [-0.05, 0) is 57.8 Å². The molecule has 0 N–H and O–H groups in total. The van der Waals surface area contributed by atoms with Crippen molar-refractivity contribution in [3.8, 4) is 0 Å². The Morgan fingerprint density at radius 1 is 0.378 bits per heavy atom. The van der Waals surface area contributed by atoms with Gasteiger partial charge in [-0.15, -0.1) is 0 Å².